The minimum Gasteiger partial charge on any atom is -0.368 e. The molecule has 19 heavy (non-hydrogen) atoms. The number of carbonyl (C=O) groups excluding carboxylic acids is 2. The van der Waals surface area contributed by atoms with Gasteiger partial charge in [0, 0.05) is 5.56 Å². The van der Waals surface area contributed by atoms with Gasteiger partial charge in [0.15, 0.2) is 0 Å². The smallest absolute Gasteiger partial charge is 0.251 e. The Hall–Kier alpha value is -1.84. The molecule has 2 atom stereocenters. The molecule has 0 radical (unpaired) electrons. The van der Waals surface area contributed by atoms with Crippen molar-refractivity contribution >= 4 is 11.8 Å². The van der Waals surface area contributed by atoms with E-state index in [1.807, 2.05) is 33.8 Å². The van der Waals surface area contributed by atoms with Crippen LogP contribution in [-0.2, 0) is 4.79 Å². The summed E-state index contributed by atoms with van der Waals surface area (Å²) in [7, 11) is 0. The summed E-state index contributed by atoms with van der Waals surface area (Å²) in [5, 5.41) is 2.72. The van der Waals surface area contributed by atoms with Crippen molar-refractivity contribution in [2.24, 2.45) is 11.7 Å². The van der Waals surface area contributed by atoms with E-state index in [1.54, 1.807) is 12.1 Å². The fraction of sp³-hybridized carbons (Fsp3) is 0.467. The summed E-state index contributed by atoms with van der Waals surface area (Å²) >= 11 is 0. The fourth-order valence-electron chi connectivity index (χ4n) is 2.06. The van der Waals surface area contributed by atoms with E-state index in [0.29, 0.717) is 5.56 Å². The second-order valence-electron chi connectivity index (χ2n) is 5.12. The van der Waals surface area contributed by atoms with E-state index in [0.717, 1.165) is 17.5 Å². The van der Waals surface area contributed by atoms with Gasteiger partial charge in [-0.1, -0.05) is 37.5 Å². The van der Waals surface area contributed by atoms with Crippen LogP contribution < -0.4 is 11.1 Å². The zero-order valence-electron chi connectivity index (χ0n) is 12.0. The molecule has 104 valence electrons. The van der Waals surface area contributed by atoms with Crippen LogP contribution >= 0.6 is 0 Å². The van der Waals surface area contributed by atoms with Crippen molar-refractivity contribution in [3.8, 4) is 0 Å². The third-order valence-electron chi connectivity index (χ3n) is 3.29. The number of aryl methyl sites for hydroxylation is 2. The average Bonchev–Trinajstić information content (AvgIpc) is 2.33. The number of carbonyl (C=O) groups is 2. The molecule has 0 aliphatic heterocycles. The number of rotatable bonds is 5. The summed E-state index contributed by atoms with van der Waals surface area (Å²) in [6.45, 7) is 7.73. The van der Waals surface area contributed by atoms with Gasteiger partial charge in [-0.25, -0.2) is 0 Å². The van der Waals surface area contributed by atoms with Gasteiger partial charge in [-0.3, -0.25) is 9.59 Å². The first-order valence-electron chi connectivity index (χ1n) is 6.53. The van der Waals surface area contributed by atoms with Crippen LogP contribution in [0.4, 0.5) is 0 Å². The Morgan fingerprint density at radius 1 is 1.21 bits per heavy atom. The molecule has 0 heterocycles. The van der Waals surface area contributed by atoms with Crippen LogP contribution in [0.3, 0.4) is 0 Å². The van der Waals surface area contributed by atoms with E-state index in [9.17, 15) is 9.59 Å². The van der Waals surface area contributed by atoms with Gasteiger partial charge in [-0.2, -0.15) is 0 Å². The first kappa shape index (κ1) is 15.2. The van der Waals surface area contributed by atoms with E-state index in [1.165, 1.54) is 0 Å². The molecule has 1 aromatic rings. The molecule has 0 bridgehead atoms. The summed E-state index contributed by atoms with van der Waals surface area (Å²) in [6.07, 6.45) is 0.779. The van der Waals surface area contributed by atoms with E-state index in [-0.39, 0.29) is 11.8 Å². The molecule has 4 nitrogen and oxygen atoms in total. The summed E-state index contributed by atoms with van der Waals surface area (Å²) in [4.78, 5) is 23.6. The van der Waals surface area contributed by atoms with Gasteiger partial charge in [0.1, 0.15) is 6.04 Å². The monoisotopic (exact) mass is 262 g/mol. The van der Waals surface area contributed by atoms with Crippen molar-refractivity contribution in [3.05, 3.63) is 34.9 Å². The Labute approximate surface area is 114 Å². The molecule has 0 aliphatic carbocycles. The second kappa shape index (κ2) is 6.36. The van der Waals surface area contributed by atoms with Gasteiger partial charge in [-0.15, -0.1) is 0 Å². The van der Waals surface area contributed by atoms with Crippen LogP contribution in [0.1, 0.15) is 41.8 Å². The van der Waals surface area contributed by atoms with Crippen LogP contribution in [0, 0.1) is 19.8 Å². The van der Waals surface area contributed by atoms with Crippen molar-refractivity contribution < 1.29 is 9.59 Å². The Balaban J connectivity index is 2.90. The highest BCUT2D eigenvalue weighted by Crippen LogP contribution is 2.11. The Morgan fingerprint density at radius 3 is 2.16 bits per heavy atom. The maximum absolute atomic E-state index is 12.2. The van der Waals surface area contributed by atoms with Crippen molar-refractivity contribution in [2.75, 3.05) is 0 Å². The molecule has 0 spiro atoms. The van der Waals surface area contributed by atoms with E-state index in [2.05, 4.69) is 5.32 Å². The quantitative estimate of drug-likeness (QED) is 0.851. The number of nitrogens with two attached hydrogens (primary N) is 1. The number of amides is 2. The topological polar surface area (TPSA) is 72.2 Å². The number of hydrogen-bond acceptors (Lipinski definition) is 2. The Bertz CT molecular complexity index is 463. The maximum Gasteiger partial charge on any atom is 0.251 e. The van der Waals surface area contributed by atoms with Crippen molar-refractivity contribution in [1.82, 2.24) is 5.32 Å². The lowest BCUT2D eigenvalue weighted by Gasteiger charge is -2.21. The van der Waals surface area contributed by atoms with Crippen molar-refractivity contribution in [2.45, 2.75) is 40.2 Å². The Morgan fingerprint density at radius 2 is 1.74 bits per heavy atom. The van der Waals surface area contributed by atoms with E-state index < -0.39 is 11.9 Å². The largest absolute Gasteiger partial charge is 0.368 e. The van der Waals surface area contributed by atoms with Gasteiger partial charge in [-0.05, 0) is 31.9 Å². The number of primary amides is 1. The van der Waals surface area contributed by atoms with Gasteiger partial charge >= 0.3 is 0 Å². The van der Waals surface area contributed by atoms with Crippen LogP contribution in [-0.4, -0.2) is 17.9 Å². The molecule has 4 heteroatoms. The predicted molar refractivity (Wildman–Crippen MR) is 75.8 cm³/mol. The predicted octanol–water partition coefficient (Wildman–Crippen LogP) is 1.93. The summed E-state index contributed by atoms with van der Waals surface area (Å²) in [6, 6.07) is 4.98. The molecule has 2 amide bonds. The molecule has 1 rings (SSSR count). The molecule has 0 unspecified atom stereocenters. The standard InChI is InChI=1S/C15H22N2O2/c1-5-11(4)13(14(16)18)17-15(19)12-7-9(2)6-10(3)8-12/h6-8,11,13H,5H2,1-4H3,(H2,16,18)(H,17,19)/t11-,13-/m0/s1. The van der Waals surface area contributed by atoms with Gasteiger partial charge < -0.3 is 11.1 Å². The first-order chi connectivity index (χ1) is 8.85. The van der Waals surface area contributed by atoms with Crippen LogP contribution in [0.2, 0.25) is 0 Å². The zero-order chi connectivity index (χ0) is 14.6. The Kier molecular flexibility index (Phi) is 5.10. The summed E-state index contributed by atoms with van der Waals surface area (Å²) in [5.41, 5.74) is 7.94. The molecular formula is C15H22N2O2. The second-order valence-corrected chi connectivity index (χ2v) is 5.12. The minimum atomic E-state index is -0.627. The van der Waals surface area contributed by atoms with Gasteiger partial charge in [0.05, 0.1) is 0 Å². The number of benzene rings is 1. The lowest BCUT2D eigenvalue weighted by atomic mass is 9.98. The molecule has 0 aromatic heterocycles. The highest BCUT2D eigenvalue weighted by molar-refractivity contribution is 5.97. The van der Waals surface area contributed by atoms with Crippen LogP contribution in [0.15, 0.2) is 18.2 Å². The SMILES string of the molecule is CC[C@H](C)[C@H](NC(=O)c1cc(C)cc(C)c1)C(N)=O. The van der Waals surface area contributed by atoms with Crippen molar-refractivity contribution in [3.63, 3.8) is 0 Å². The summed E-state index contributed by atoms with van der Waals surface area (Å²) in [5.74, 6) is -0.727. The average molecular weight is 262 g/mol. The van der Waals surface area contributed by atoms with Gasteiger partial charge in [0.2, 0.25) is 5.91 Å². The highest BCUT2D eigenvalue weighted by Gasteiger charge is 2.24. The molecule has 1 aromatic carbocycles. The molecule has 0 saturated carbocycles. The zero-order valence-corrected chi connectivity index (χ0v) is 12.0. The maximum atomic E-state index is 12.2. The molecule has 3 N–H and O–H groups in total. The third kappa shape index (κ3) is 4.09. The van der Waals surface area contributed by atoms with Crippen LogP contribution in [0.25, 0.3) is 0 Å². The van der Waals surface area contributed by atoms with Gasteiger partial charge in [0.25, 0.3) is 5.91 Å². The fourth-order valence-corrected chi connectivity index (χ4v) is 2.06. The molecular weight excluding hydrogens is 240 g/mol. The van der Waals surface area contributed by atoms with E-state index >= 15 is 0 Å². The molecule has 0 saturated heterocycles. The highest BCUT2D eigenvalue weighted by atomic mass is 16.2. The molecule has 0 fully saturated rings. The number of hydrogen-bond donors (Lipinski definition) is 2. The number of nitrogens with one attached hydrogen (secondary N) is 1. The van der Waals surface area contributed by atoms with E-state index in [4.69, 9.17) is 5.73 Å². The normalized spacial score (nSPS) is 13.7. The lowest BCUT2D eigenvalue weighted by molar-refractivity contribution is -0.120. The lowest BCUT2D eigenvalue weighted by Crippen LogP contribution is -2.48. The first-order valence-corrected chi connectivity index (χ1v) is 6.53. The summed E-state index contributed by atoms with van der Waals surface area (Å²) < 4.78 is 0. The minimum absolute atomic E-state index is 0.0207. The molecule has 0 aliphatic rings. The van der Waals surface area contributed by atoms with Crippen molar-refractivity contribution in [1.29, 1.82) is 0 Å². The van der Waals surface area contributed by atoms with Crippen LogP contribution in [0.5, 0.6) is 0 Å². The third-order valence-corrected chi connectivity index (χ3v) is 3.29.